The number of benzene rings is 1. The molecule has 0 bridgehead atoms. The van der Waals surface area contributed by atoms with Crippen molar-refractivity contribution in [3.63, 3.8) is 0 Å². The summed E-state index contributed by atoms with van der Waals surface area (Å²) in [5.41, 5.74) is 3.13. The smallest absolute Gasteiger partial charge is 0.323 e. The summed E-state index contributed by atoms with van der Waals surface area (Å²) in [6.45, 7) is 6.05. The van der Waals surface area contributed by atoms with Crippen molar-refractivity contribution in [1.29, 1.82) is 0 Å². The van der Waals surface area contributed by atoms with Crippen LogP contribution in [0.5, 0.6) is 0 Å². The van der Waals surface area contributed by atoms with E-state index in [1.807, 2.05) is 12.1 Å². The van der Waals surface area contributed by atoms with Crippen LogP contribution >= 0.6 is 0 Å². The molecule has 1 saturated carbocycles. The standard InChI is InChI=1S/C23H35N3O4/c1-16(2)15-21(23(28)30-20-5-3-4-6-20)24-18-11-13-26(14-12-18)19-9-7-17(8-10-19)22(27)25-29/h7-10,16,18,20-21,24,29H,3-6,11-15H2,1-2H3,(H,25,27)/t21-/m1/s1. The average molecular weight is 418 g/mol. The average Bonchev–Trinajstić information content (AvgIpc) is 3.26. The number of ether oxygens (including phenoxy) is 1. The minimum absolute atomic E-state index is 0.0872. The first-order valence-electron chi connectivity index (χ1n) is 11.2. The Labute approximate surface area is 179 Å². The SMILES string of the molecule is CC(C)C[C@@H](NC1CCN(c2ccc(C(=O)NO)cc2)CC1)C(=O)OC1CCCC1. The molecule has 0 aromatic heterocycles. The number of rotatable bonds is 8. The second-order valence-electron chi connectivity index (χ2n) is 8.94. The Kier molecular flexibility index (Phi) is 8.10. The molecule has 0 spiro atoms. The molecular formula is C23H35N3O4. The fourth-order valence-corrected chi connectivity index (χ4v) is 4.43. The quantitative estimate of drug-likeness (QED) is 0.342. The Morgan fingerprint density at radius 3 is 2.30 bits per heavy atom. The van der Waals surface area contributed by atoms with Gasteiger partial charge in [0.05, 0.1) is 0 Å². The molecule has 1 amide bonds. The van der Waals surface area contributed by atoms with Gasteiger partial charge in [-0.25, -0.2) is 5.48 Å². The van der Waals surface area contributed by atoms with Gasteiger partial charge in [0.1, 0.15) is 12.1 Å². The molecule has 0 radical (unpaired) electrons. The first kappa shape index (κ1) is 22.6. The van der Waals surface area contributed by atoms with Gasteiger partial charge in [0.15, 0.2) is 0 Å². The van der Waals surface area contributed by atoms with Crippen LogP contribution in [0.2, 0.25) is 0 Å². The van der Waals surface area contributed by atoms with E-state index in [1.165, 1.54) is 0 Å². The van der Waals surface area contributed by atoms with Crippen LogP contribution in [0, 0.1) is 5.92 Å². The van der Waals surface area contributed by atoms with E-state index in [-0.39, 0.29) is 18.1 Å². The molecule has 1 atom stereocenters. The number of esters is 1. The summed E-state index contributed by atoms with van der Waals surface area (Å²) in [5.74, 6) is -0.172. The van der Waals surface area contributed by atoms with E-state index in [2.05, 4.69) is 24.1 Å². The normalized spacial score (nSPS) is 19.1. The van der Waals surface area contributed by atoms with Gasteiger partial charge in [0.2, 0.25) is 0 Å². The zero-order chi connectivity index (χ0) is 21.5. The lowest BCUT2D eigenvalue weighted by atomic mass is 9.99. The van der Waals surface area contributed by atoms with Crippen molar-refractivity contribution in [1.82, 2.24) is 10.8 Å². The Morgan fingerprint density at radius 2 is 1.73 bits per heavy atom. The lowest BCUT2D eigenvalue weighted by Gasteiger charge is -2.36. The van der Waals surface area contributed by atoms with Gasteiger partial charge in [-0.2, -0.15) is 0 Å². The second kappa shape index (κ2) is 10.8. The van der Waals surface area contributed by atoms with Crippen LogP contribution in [-0.4, -0.2) is 48.4 Å². The highest BCUT2D eigenvalue weighted by molar-refractivity contribution is 5.93. The van der Waals surface area contributed by atoms with Gasteiger partial charge in [0.25, 0.3) is 5.91 Å². The monoisotopic (exact) mass is 417 g/mol. The van der Waals surface area contributed by atoms with E-state index in [0.29, 0.717) is 17.5 Å². The summed E-state index contributed by atoms with van der Waals surface area (Å²) in [6, 6.07) is 7.28. The van der Waals surface area contributed by atoms with Crippen LogP contribution in [-0.2, 0) is 9.53 Å². The van der Waals surface area contributed by atoms with Crippen LogP contribution in [0.1, 0.15) is 69.2 Å². The summed E-state index contributed by atoms with van der Waals surface area (Å²) in [6.07, 6.45) is 7.10. The topological polar surface area (TPSA) is 90.9 Å². The predicted octanol–water partition coefficient (Wildman–Crippen LogP) is 3.26. The molecular weight excluding hydrogens is 382 g/mol. The number of piperidine rings is 1. The number of nitrogens with one attached hydrogen (secondary N) is 2. The molecule has 7 heteroatoms. The van der Waals surface area contributed by atoms with Crippen molar-refractivity contribution in [3.8, 4) is 0 Å². The number of hydrogen-bond acceptors (Lipinski definition) is 6. The molecule has 3 N–H and O–H groups in total. The number of anilines is 1. The first-order valence-corrected chi connectivity index (χ1v) is 11.2. The highest BCUT2D eigenvalue weighted by atomic mass is 16.5. The van der Waals surface area contributed by atoms with Gasteiger partial charge in [0, 0.05) is 30.4 Å². The van der Waals surface area contributed by atoms with Gasteiger partial charge in [-0.15, -0.1) is 0 Å². The maximum absolute atomic E-state index is 12.8. The van der Waals surface area contributed by atoms with Crippen LogP contribution in [0.15, 0.2) is 24.3 Å². The minimum atomic E-state index is -0.509. The lowest BCUT2D eigenvalue weighted by Crippen LogP contribution is -2.50. The molecule has 7 nitrogen and oxygen atoms in total. The Hall–Kier alpha value is -2.12. The molecule has 2 aliphatic rings. The number of hydrogen-bond donors (Lipinski definition) is 3. The number of amides is 1. The Bertz CT molecular complexity index is 693. The lowest BCUT2D eigenvalue weighted by molar-refractivity contribution is -0.152. The Morgan fingerprint density at radius 1 is 1.10 bits per heavy atom. The van der Waals surface area contributed by atoms with E-state index in [1.54, 1.807) is 17.6 Å². The molecule has 3 rings (SSSR count). The van der Waals surface area contributed by atoms with Crippen molar-refractivity contribution in [3.05, 3.63) is 29.8 Å². The summed E-state index contributed by atoms with van der Waals surface area (Å²) in [4.78, 5) is 26.5. The molecule has 30 heavy (non-hydrogen) atoms. The maximum atomic E-state index is 12.8. The number of carbonyl (C=O) groups excluding carboxylic acids is 2. The van der Waals surface area contributed by atoms with Crippen LogP contribution in [0.25, 0.3) is 0 Å². The largest absolute Gasteiger partial charge is 0.461 e. The highest BCUT2D eigenvalue weighted by Crippen LogP contribution is 2.24. The van der Waals surface area contributed by atoms with E-state index in [0.717, 1.165) is 63.7 Å². The molecule has 1 saturated heterocycles. The van der Waals surface area contributed by atoms with Crippen LogP contribution in [0.4, 0.5) is 5.69 Å². The van der Waals surface area contributed by atoms with E-state index >= 15 is 0 Å². The van der Waals surface area contributed by atoms with Crippen molar-refractivity contribution in [2.24, 2.45) is 5.92 Å². The predicted molar refractivity (Wildman–Crippen MR) is 116 cm³/mol. The van der Waals surface area contributed by atoms with Gasteiger partial charge in [-0.1, -0.05) is 13.8 Å². The van der Waals surface area contributed by atoms with Gasteiger partial charge in [-0.05, 0) is 75.1 Å². The number of carbonyl (C=O) groups is 2. The second-order valence-corrected chi connectivity index (χ2v) is 8.94. The first-order chi connectivity index (χ1) is 14.5. The molecule has 1 heterocycles. The van der Waals surface area contributed by atoms with Crippen LogP contribution < -0.4 is 15.7 Å². The summed E-state index contributed by atoms with van der Waals surface area (Å²) < 4.78 is 5.78. The van der Waals surface area contributed by atoms with Crippen molar-refractivity contribution in [2.75, 3.05) is 18.0 Å². The molecule has 1 aliphatic heterocycles. The van der Waals surface area contributed by atoms with Crippen molar-refractivity contribution in [2.45, 2.75) is 77.0 Å². The molecule has 0 unspecified atom stereocenters. The van der Waals surface area contributed by atoms with E-state index in [9.17, 15) is 9.59 Å². The zero-order valence-electron chi connectivity index (χ0n) is 18.1. The van der Waals surface area contributed by atoms with Gasteiger partial charge >= 0.3 is 5.97 Å². The van der Waals surface area contributed by atoms with Crippen LogP contribution in [0.3, 0.4) is 0 Å². The third-order valence-electron chi connectivity index (χ3n) is 6.10. The highest BCUT2D eigenvalue weighted by Gasteiger charge is 2.29. The van der Waals surface area contributed by atoms with Crippen molar-refractivity contribution < 1.29 is 19.5 Å². The molecule has 1 aromatic rings. The molecule has 1 aromatic carbocycles. The fraction of sp³-hybridized carbons (Fsp3) is 0.652. The third-order valence-corrected chi connectivity index (χ3v) is 6.10. The van der Waals surface area contributed by atoms with E-state index in [4.69, 9.17) is 9.94 Å². The molecule has 2 fully saturated rings. The summed E-state index contributed by atoms with van der Waals surface area (Å²) in [5, 5.41) is 12.3. The fourth-order valence-electron chi connectivity index (χ4n) is 4.43. The van der Waals surface area contributed by atoms with Crippen molar-refractivity contribution >= 4 is 17.6 Å². The Balaban J connectivity index is 1.51. The zero-order valence-corrected chi connectivity index (χ0v) is 18.1. The number of hydroxylamine groups is 1. The number of nitrogens with zero attached hydrogens (tertiary/aromatic N) is 1. The summed E-state index contributed by atoms with van der Waals surface area (Å²) >= 11 is 0. The summed E-state index contributed by atoms with van der Waals surface area (Å²) in [7, 11) is 0. The molecule has 166 valence electrons. The maximum Gasteiger partial charge on any atom is 0.323 e. The minimum Gasteiger partial charge on any atom is -0.461 e. The van der Waals surface area contributed by atoms with Gasteiger partial charge < -0.3 is 15.0 Å². The van der Waals surface area contributed by atoms with Gasteiger partial charge in [-0.3, -0.25) is 14.8 Å². The third kappa shape index (κ3) is 6.19. The van der Waals surface area contributed by atoms with E-state index < -0.39 is 5.91 Å². The molecule has 1 aliphatic carbocycles.